The highest BCUT2D eigenvalue weighted by atomic mass is 16.2. The van der Waals surface area contributed by atoms with E-state index in [9.17, 15) is 4.79 Å². The first-order chi connectivity index (χ1) is 11.1. The molecule has 1 aliphatic heterocycles. The molecule has 1 aromatic carbocycles. The summed E-state index contributed by atoms with van der Waals surface area (Å²) in [6, 6.07) is 8.30. The molecule has 4 heteroatoms. The monoisotopic (exact) mass is 308 g/mol. The standard InChI is InChI=1S/C19H25BN2O/c1-12-5-3-4-6-16(12)22-18(14-7-9-15(20)10-8-14)17-13(2)11-21-19(17)23/h7-10,12,16,18,22H,3-6,11H2,1-2H3,(H,21,23)/t12?,16-,18-/m1/s1. The van der Waals surface area contributed by atoms with Crippen LogP contribution in [0.25, 0.3) is 0 Å². The average Bonchev–Trinajstić information content (AvgIpc) is 2.87. The van der Waals surface area contributed by atoms with E-state index < -0.39 is 0 Å². The van der Waals surface area contributed by atoms with E-state index in [4.69, 9.17) is 7.85 Å². The number of rotatable bonds is 4. The van der Waals surface area contributed by atoms with Gasteiger partial charge in [-0.1, -0.05) is 49.5 Å². The summed E-state index contributed by atoms with van der Waals surface area (Å²) in [5.41, 5.74) is 3.88. The van der Waals surface area contributed by atoms with Crippen molar-refractivity contribution in [2.45, 2.75) is 51.6 Å². The lowest BCUT2D eigenvalue weighted by Gasteiger charge is -2.34. The minimum absolute atomic E-state index is 0.0522. The zero-order valence-corrected chi connectivity index (χ0v) is 14.1. The quantitative estimate of drug-likeness (QED) is 0.837. The number of hydrogen-bond donors (Lipinski definition) is 2. The van der Waals surface area contributed by atoms with Crippen LogP contribution in [0.5, 0.6) is 0 Å². The summed E-state index contributed by atoms with van der Waals surface area (Å²) in [7, 11) is 5.83. The molecule has 120 valence electrons. The fraction of sp³-hybridized carbons (Fsp3) is 0.526. The Morgan fingerprint density at radius 3 is 2.52 bits per heavy atom. The predicted octanol–water partition coefficient (Wildman–Crippen LogP) is 2.14. The lowest BCUT2D eigenvalue weighted by molar-refractivity contribution is -0.117. The Kier molecular flexibility index (Phi) is 4.91. The second kappa shape index (κ2) is 6.92. The summed E-state index contributed by atoms with van der Waals surface area (Å²) in [6.07, 6.45) is 5.02. The maximum absolute atomic E-state index is 12.4. The molecule has 0 saturated heterocycles. The second-order valence-electron chi connectivity index (χ2n) is 7.01. The van der Waals surface area contributed by atoms with E-state index in [-0.39, 0.29) is 11.9 Å². The zero-order valence-electron chi connectivity index (χ0n) is 14.1. The predicted molar refractivity (Wildman–Crippen MR) is 94.8 cm³/mol. The zero-order chi connectivity index (χ0) is 16.4. The lowest BCUT2D eigenvalue weighted by Crippen LogP contribution is -2.41. The smallest absolute Gasteiger partial charge is 0.249 e. The fourth-order valence-corrected chi connectivity index (χ4v) is 3.79. The molecule has 1 heterocycles. The van der Waals surface area contributed by atoms with Crippen molar-refractivity contribution in [2.24, 2.45) is 5.92 Å². The van der Waals surface area contributed by atoms with Gasteiger partial charge in [0.1, 0.15) is 7.85 Å². The third-order valence-electron chi connectivity index (χ3n) is 5.27. The van der Waals surface area contributed by atoms with E-state index in [1.165, 1.54) is 25.7 Å². The molecular weight excluding hydrogens is 283 g/mol. The first kappa shape index (κ1) is 16.3. The molecule has 3 rings (SSSR count). The normalized spacial score (nSPS) is 26.3. The van der Waals surface area contributed by atoms with Crippen molar-refractivity contribution in [3.63, 3.8) is 0 Å². The Bertz CT molecular complexity index is 608. The van der Waals surface area contributed by atoms with Crippen molar-refractivity contribution in [2.75, 3.05) is 6.54 Å². The van der Waals surface area contributed by atoms with Gasteiger partial charge in [-0.05, 0) is 36.8 Å². The third kappa shape index (κ3) is 3.53. The van der Waals surface area contributed by atoms with E-state index in [1.54, 1.807) is 0 Å². The minimum atomic E-state index is -0.0522. The highest BCUT2D eigenvalue weighted by molar-refractivity contribution is 6.32. The Morgan fingerprint density at radius 1 is 1.22 bits per heavy atom. The van der Waals surface area contributed by atoms with Crippen LogP contribution in [-0.4, -0.2) is 26.3 Å². The van der Waals surface area contributed by atoms with Crippen LogP contribution in [0.3, 0.4) is 0 Å². The van der Waals surface area contributed by atoms with Gasteiger partial charge in [0.2, 0.25) is 5.91 Å². The largest absolute Gasteiger partial charge is 0.348 e. The summed E-state index contributed by atoms with van der Waals surface area (Å²) in [5, 5.41) is 6.74. The summed E-state index contributed by atoms with van der Waals surface area (Å²) in [6.45, 7) is 5.01. The van der Waals surface area contributed by atoms with Crippen LogP contribution in [0, 0.1) is 5.92 Å². The summed E-state index contributed by atoms with van der Waals surface area (Å²) < 4.78 is 0. The molecule has 1 fully saturated rings. The van der Waals surface area contributed by atoms with Crippen molar-refractivity contribution in [1.82, 2.24) is 10.6 Å². The highest BCUT2D eigenvalue weighted by Crippen LogP contribution is 2.31. The number of benzene rings is 1. The van der Waals surface area contributed by atoms with Crippen molar-refractivity contribution in [1.29, 1.82) is 0 Å². The van der Waals surface area contributed by atoms with Crippen LogP contribution in [0.1, 0.15) is 51.1 Å². The highest BCUT2D eigenvalue weighted by Gasteiger charge is 2.32. The van der Waals surface area contributed by atoms with E-state index in [0.717, 1.165) is 22.2 Å². The Balaban J connectivity index is 1.91. The van der Waals surface area contributed by atoms with Gasteiger partial charge in [-0.15, -0.1) is 0 Å². The first-order valence-electron chi connectivity index (χ1n) is 8.65. The molecule has 0 aromatic heterocycles. The van der Waals surface area contributed by atoms with Gasteiger partial charge in [-0.2, -0.15) is 0 Å². The molecule has 0 spiro atoms. The van der Waals surface area contributed by atoms with Gasteiger partial charge in [0.15, 0.2) is 0 Å². The maximum atomic E-state index is 12.4. The van der Waals surface area contributed by atoms with Gasteiger partial charge in [0, 0.05) is 18.2 Å². The fourth-order valence-electron chi connectivity index (χ4n) is 3.79. The molecular formula is C19H25BN2O. The van der Waals surface area contributed by atoms with Gasteiger partial charge in [-0.25, -0.2) is 0 Å². The molecule has 1 saturated carbocycles. The lowest BCUT2D eigenvalue weighted by atomic mass is 9.84. The molecule has 1 aromatic rings. The van der Waals surface area contributed by atoms with Crippen LogP contribution < -0.4 is 16.1 Å². The van der Waals surface area contributed by atoms with Gasteiger partial charge in [-0.3, -0.25) is 4.79 Å². The molecule has 1 aliphatic carbocycles. The number of carbonyl (C=O) groups excluding carboxylic acids is 1. The number of amides is 1. The van der Waals surface area contributed by atoms with Crippen molar-refractivity contribution < 1.29 is 4.79 Å². The van der Waals surface area contributed by atoms with E-state index in [2.05, 4.69) is 17.6 Å². The number of carbonyl (C=O) groups is 1. The van der Waals surface area contributed by atoms with Crippen molar-refractivity contribution in [3.8, 4) is 0 Å². The first-order valence-corrected chi connectivity index (χ1v) is 8.65. The van der Waals surface area contributed by atoms with E-state index in [1.807, 2.05) is 31.2 Å². The molecule has 23 heavy (non-hydrogen) atoms. The summed E-state index contributed by atoms with van der Waals surface area (Å²) >= 11 is 0. The van der Waals surface area contributed by atoms with Gasteiger partial charge in [0.05, 0.1) is 6.04 Å². The van der Waals surface area contributed by atoms with Gasteiger partial charge >= 0.3 is 0 Å². The molecule has 3 atom stereocenters. The van der Waals surface area contributed by atoms with Gasteiger partial charge < -0.3 is 10.6 Å². The Labute approximate surface area is 140 Å². The van der Waals surface area contributed by atoms with Gasteiger partial charge in [0.25, 0.3) is 0 Å². The molecule has 3 nitrogen and oxygen atoms in total. The second-order valence-corrected chi connectivity index (χ2v) is 7.01. The molecule has 1 amide bonds. The maximum Gasteiger partial charge on any atom is 0.249 e. The topological polar surface area (TPSA) is 41.1 Å². The minimum Gasteiger partial charge on any atom is -0.348 e. The average molecular weight is 308 g/mol. The van der Waals surface area contributed by atoms with Crippen LogP contribution >= 0.6 is 0 Å². The van der Waals surface area contributed by atoms with E-state index >= 15 is 0 Å². The summed E-state index contributed by atoms with van der Waals surface area (Å²) in [4.78, 5) is 12.4. The van der Waals surface area contributed by atoms with E-state index in [0.29, 0.717) is 18.5 Å². The van der Waals surface area contributed by atoms with Crippen molar-refractivity contribution in [3.05, 3.63) is 41.0 Å². The number of nitrogens with one attached hydrogen (secondary N) is 2. The third-order valence-corrected chi connectivity index (χ3v) is 5.27. The number of hydrogen-bond acceptors (Lipinski definition) is 2. The van der Waals surface area contributed by atoms with Crippen LogP contribution in [0.2, 0.25) is 0 Å². The van der Waals surface area contributed by atoms with Crippen molar-refractivity contribution >= 4 is 19.2 Å². The van der Waals surface area contributed by atoms with Crippen LogP contribution in [0.4, 0.5) is 0 Å². The SMILES string of the molecule is [B]c1ccc([C@@H](N[C@@H]2CCCCC2C)C2=C(C)CNC2=O)cc1. The molecule has 0 bridgehead atoms. The summed E-state index contributed by atoms with van der Waals surface area (Å²) in [5.74, 6) is 0.700. The molecule has 2 radical (unpaired) electrons. The van der Waals surface area contributed by atoms with Crippen LogP contribution in [-0.2, 0) is 4.79 Å². The Hall–Kier alpha value is -1.55. The molecule has 1 unspecified atom stereocenters. The van der Waals surface area contributed by atoms with Crippen LogP contribution in [0.15, 0.2) is 35.4 Å². The molecule has 2 aliphatic rings. The molecule has 2 N–H and O–H groups in total. The Morgan fingerprint density at radius 2 is 1.91 bits per heavy atom.